The Balaban J connectivity index is 1.45. The van der Waals surface area contributed by atoms with Gasteiger partial charge in [0.05, 0.1) is 19.8 Å². The summed E-state index contributed by atoms with van der Waals surface area (Å²) in [4.78, 5) is 19.2. The van der Waals surface area contributed by atoms with Crippen LogP contribution in [0.15, 0.2) is 70.2 Å². The molecule has 0 radical (unpaired) electrons. The molecule has 1 aromatic heterocycles. The van der Waals surface area contributed by atoms with Crippen LogP contribution in [-0.4, -0.2) is 48.1 Å². The number of aromatic nitrogens is 1. The van der Waals surface area contributed by atoms with Crippen molar-refractivity contribution in [1.29, 1.82) is 0 Å². The molecular weight excluding hydrogens is 392 g/mol. The number of carbonyl (C=O) groups is 1. The third-order valence-corrected chi connectivity index (χ3v) is 5.43. The molecule has 3 aromatic rings. The molecule has 2 aromatic carbocycles. The van der Waals surface area contributed by atoms with Crippen molar-refractivity contribution in [3.05, 3.63) is 88.8 Å². The van der Waals surface area contributed by atoms with Crippen molar-refractivity contribution in [2.45, 2.75) is 19.4 Å². The number of morpholine rings is 1. The third kappa shape index (κ3) is 5.00. The largest absolute Gasteiger partial charge is 0.378 e. The van der Waals surface area contributed by atoms with Crippen LogP contribution in [0.4, 0.5) is 0 Å². The van der Waals surface area contributed by atoms with Gasteiger partial charge in [-0.25, -0.2) is 4.99 Å². The van der Waals surface area contributed by atoms with E-state index in [-0.39, 0.29) is 11.7 Å². The van der Waals surface area contributed by atoms with Gasteiger partial charge in [-0.15, -0.1) is 0 Å². The highest BCUT2D eigenvalue weighted by atomic mass is 16.5. The average molecular weight is 418 g/mol. The molecule has 1 fully saturated rings. The van der Waals surface area contributed by atoms with Crippen molar-refractivity contribution in [2.24, 2.45) is 10.7 Å². The van der Waals surface area contributed by atoms with Gasteiger partial charge in [0.15, 0.2) is 11.7 Å². The Morgan fingerprint density at radius 3 is 2.61 bits per heavy atom. The van der Waals surface area contributed by atoms with E-state index in [1.54, 1.807) is 0 Å². The van der Waals surface area contributed by atoms with E-state index < -0.39 is 0 Å². The van der Waals surface area contributed by atoms with E-state index in [4.69, 9.17) is 15.0 Å². The van der Waals surface area contributed by atoms with E-state index in [9.17, 15) is 4.79 Å². The lowest BCUT2D eigenvalue weighted by atomic mass is 9.94. The minimum Gasteiger partial charge on any atom is -0.378 e. The van der Waals surface area contributed by atoms with Gasteiger partial charge >= 0.3 is 0 Å². The molecule has 1 atom stereocenters. The van der Waals surface area contributed by atoms with Crippen molar-refractivity contribution < 1.29 is 14.1 Å². The first-order valence-electron chi connectivity index (χ1n) is 10.4. The summed E-state index contributed by atoms with van der Waals surface area (Å²) in [5.74, 6) is 1.17. The molecule has 1 saturated heterocycles. The fourth-order valence-corrected chi connectivity index (χ4v) is 3.53. The number of hydrogen-bond donors (Lipinski definition) is 1. The highest BCUT2D eigenvalue weighted by Crippen LogP contribution is 2.26. The average Bonchev–Trinajstić information content (AvgIpc) is 3.32. The number of guanidine groups is 1. The zero-order valence-corrected chi connectivity index (χ0v) is 17.5. The smallest absolute Gasteiger partial charge is 0.193 e. The van der Waals surface area contributed by atoms with E-state index in [2.05, 4.69) is 10.1 Å². The van der Waals surface area contributed by atoms with Gasteiger partial charge in [-0.2, -0.15) is 0 Å². The molecule has 31 heavy (non-hydrogen) atoms. The number of ether oxygens (including phenoxy) is 1. The van der Waals surface area contributed by atoms with Gasteiger partial charge in [-0.05, 0) is 11.6 Å². The van der Waals surface area contributed by atoms with E-state index >= 15 is 0 Å². The van der Waals surface area contributed by atoms with Crippen LogP contribution >= 0.6 is 0 Å². The molecule has 0 saturated carbocycles. The first kappa shape index (κ1) is 20.8. The van der Waals surface area contributed by atoms with Gasteiger partial charge in [0.2, 0.25) is 0 Å². The number of rotatable bonds is 6. The zero-order valence-electron chi connectivity index (χ0n) is 17.5. The molecule has 7 heteroatoms. The quantitative estimate of drug-likeness (QED) is 0.375. The van der Waals surface area contributed by atoms with Gasteiger partial charge in [-0.3, -0.25) is 4.79 Å². The van der Waals surface area contributed by atoms with Crippen LogP contribution in [0.2, 0.25) is 0 Å². The number of nitrogens with zero attached hydrogens (tertiary/aromatic N) is 3. The molecule has 1 unspecified atom stereocenters. The van der Waals surface area contributed by atoms with E-state index in [1.165, 1.54) is 0 Å². The first-order valence-corrected chi connectivity index (χ1v) is 10.4. The SMILES string of the molecule is CC(c1cccc(C(=O)c2ccccc2)c1)c1cc(CN=C(N)N2CCOCC2)no1. The number of aliphatic imine (C=N–C) groups is 1. The number of ketones is 1. The molecule has 0 aliphatic carbocycles. The third-order valence-electron chi connectivity index (χ3n) is 5.43. The predicted molar refractivity (Wildman–Crippen MR) is 118 cm³/mol. The second kappa shape index (κ2) is 9.57. The van der Waals surface area contributed by atoms with Gasteiger partial charge in [0, 0.05) is 36.2 Å². The summed E-state index contributed by atoms with van der Waals surface area (Å²) in [5, 5.41) is 4.14. The standard InChI is InChI=1S/C24H26N4O3/c1-17(19-8-5-9-20(14-19)23(29)18-6-3-2-4-7-18)22-15-21(27-31-22)16-26-24(25)28-10-12-30-13-11-28/h2-9,14-15,17H,10-13,16H2,1H3,(H2,25,26). The van der Waals surface area contributed by atoms with Gasteiger partial charge in [0.1, 0.15) is 11.5 Å². The van der Waals surface area contributed by atoms with Crippen LogP contribution in [0, 0.1) is 0 Å². The zero-order chi connectivity index (χ0) is 21.6. The van der Waals surface area contributed by atoms with Crippen molar-refractivity contribution in [1.82, 2.24) is 10.1 Å². The summed E-state index contributed by atoms with van der Waals surface area (Å²) in [6.07, 6.45) is 0. The van der Waals surface area contributed by atoms with Crippen molar-refractivity contribution in [3.63, 3.8) is 0 Å². The maximum absolute atomic E-state index is 12.8. The Bertz CT molecular complexity index is 1060. The van der Waals surface area contributed by atoms with Crippen LogP contribution in [0.5, 0.6) is 0 Å². The minimum atomic E-state index is -0.0506. The van der Waals surface area contributed by atoms with Crippen molar-refractivity contribution >= 4 is 11.7 Å². The monoisotopic (exact) mass is 418 g/mol. The molecule has 0 amide bonds. The van der Waals surface area contributed by atoms with E-state index in [0.717, 1.165) is 30.1 Å². The van der Waals surface area contributed by atoms with Gasteiger partial charge in [0.25, 0.3) is 0 Å². The molecule has 0 spiro atoms. The van der Waals surface area contributed by atoms with Crippen molar-refractivity contribution in [3.8, 4) is 0 Å². The molecule has 7 nitrogen and oxygen atoms in total. The maximum atomic E-state index is 12.8. The summed E-state index contributed by atoms with van der Waals surface area (Å²) in [6.45, 7) is 5.19. The minimum absolute atomic E-state index is 0.000772. The fraction of sp³-hybridized carbons (Fsp3) is 0.292. The topological polar surface area (TPSA) is 94.0 Å². The number of carbonyl (C=O) groups excluding carboxylic acids is 1. The Morgan fingerprint density at radius 2 is 1.84 bits per heavy atom. The highest BCUT2D eigenvalue weighted by Gasteiger charge is 2.17. The molecule has 1 aliphatic heterocycles. The summed E-state index contributed by atoms with van der Waals surface area (Å²) in [5.41, 5.74) is 9.10. The second-order valence-corrected chi connectivity index (χ2v) is 7.54. The van der Waals surface area contributed by atoms with Crippen LogP contribution in [0.3, 0.4) is 0 Å². The first-order chi connectivity index (χ1) is 15.1. The lowest BCUT2D eigenvalue weighted by Crippen LogP contribution is -2.44. The second-order valence-electron chi connectivity index (χ2n) is 7.54. The maximum Gasteiger partial charge on any atom is 0.193 e. The van der Waals surface area contributed by atoms with Crippen LogP contribution in [0.1, 0.15) is 45.8 Å². The Kier molecular flexibility index (Phi) is 6.43. The Morgan fingerprint density at radius 1 is 1.10 bits per heavy atom. The summed E-state index contributed by atoms with van der Waals surface area (Å²) in [6, 6.07) is 18.8. The lowest BCUT2D eigenvalue weighted by Gasteiger charge is -2.27. The van der Waals surface area contributed by atoms with Gasteiger partial charge in [-0.1, -0.05) is 60.6 Å². The summed E-state index contributed by atoms with van der Waals surface area (Å²) < 4.78 is 10.9. The lowest BCUT2D eigenvalue weighted by molar-refractivity contribution is 0.0674. The van der Waals surface area contributed by atoms with Crippen LogP contribution < -0.4 is 5.73 Å². The number of hydrogen-bond acceptors (Lipinski definition) is 5. The predicted octanol–water partition coefficient (Wildman–Crippen LogP) is 3.20. The molecule has 160 valence electrons. The van der Waals surface area contributed by atoms with Gasteiger partial charge < -0.3 is 19.9 Å². The fourth-order valence-electron chi connectivity index (χ4n) is 3.53. The summed E-state index contributed by atoms with van der Waals surface area (Å²) >= 11 is 0. The number of benzene rings is 2. The molecule has 2 heterocycles. The normalized spacial score (nSPS) is 15.6. The Hall–Kier alpha value is -3.45. The number of nitrogens with two attached hydrogens (primary N) is 1. The molecule has 0 bridgehead atoms. The molecule has 2 N–H and O–H groups in total. The van der Waals surface area contributed by atoms with Crippen molar-refractivity contribution in [2.75, 3.05) is 26.3 Å². The Labute approximate surface area is 181 Å². The molecular formula is C24H26N4O3. The van der Waals surface area contributed by atoms with Crippen LogP contribution in [-0.2, 0) is 11.3 Å². The molecule has 1 aliphatic rings. The van der Waals surface area contributed by atoms with E-state index in [0.29, 0.717) is 36.8 Å². The van der Waals surface area contributed by atoms with E-state index in [1.807, 2.05) is 72.5 Å². The molecule has 4 rings (SSSR count). The van der Waals surface area contributed by atoms with Crippen LogP contribution in [0.25, 0.3) is 0 Å². The highest BCUT2D eigenvalue weighted by molar-refractivity contribution is 6.09. The summed E-state index contributed by atoms with van der Waals surface area (Å²) in [7, 11) is 0.